The molecule has 2 heterocycles. The lowest BCUT2D eigenvalue weighted by Crippen LogP contribution is -2.54. The van der Waals surface area contributed by atoms with E-state index in [1.165, 1.54) is 6.42 Å². The van der Waals surface area contributed by atoms with E-state index >= 15 is 0 Å². The molecule has 1 amide bonds. The molecule has 0 saturated carbocycles. The maximum Gasteiger partial charge on any atom is 0.253 e. The molecule has 2 fully saturated rings. The first-order valence-electron chi connectivity index (χ1n) is 6.31. The Bertz CT molecular complexity index is 257. The van der Waals surface area contributed by atoms with Crippen LogP contribution in [0.4, 0.5) is 0 Å². The SMILES string of the molecule is CC1CCC(C)N(C(=O)C2CNCCO2)C1.Cl. The molecule has 0 radical (unpaired) electrons. The number of likely N-dealkylation sites (tertiary alicyclic amines) is 1. The quantitative estimate of drug-likeness (QED) is 0.768. The number of halogens is 1. The summed E-state index contributed by atoms with van der Waals surface area (Å²) in [6, 6.07) is 0.370. The van der Waals surface area contributed by atoms with Crippen LogP contribution >= 0.6 is 12.4 Å². The number of rotatable bonds is 1. The molecular formula is C12H23ClN2O2. The molecule has 0 aromatic heterocycles. The fourth-order valence-electron chi connectivity index (χ4n) is 2.50. The van der Waals surface area contributed by atoms with Crippen LogP contribution in [0.15, 0.2) is 0 Å². The van der Waals surface area contributed by atoms with E-state index in [-0.39, 0.29) is 24.4 Å². The zero-order valence-electron chi connectivity index (χ0n) is 10.6. The van der Waals surface area contributed by atoms with Gasteiger partial charge in [-0.2, -0.15) is 0 Å². The van der Waals surface area contributed by atoms with Gasteiger partial charge in [-0.25, -0.2) is 0 Å². The van der Waals surface area contributed by atoms with Gasteiger partial charge in [0.2, 0.25) is 0 Å². The van der Waals surface area contributed by atoms with E-state index < -0.39 is 0 Å². The normalized spacial score (nSPS) is 34.0. The molecule has 2 aliphatic rings. The zero-order chi connectivity index (χ0) is 11.5. The Balaban J connectivity index is 0.00000144. The number of carbonyl (C=O) groups is 1. The van der Waals surface area contributed by atoms with Crippen molar-refractivity contribution >= 4 is 18.3 Å². The molecule has 17 heavy (non-hydrogen) atoms. The van der Waals surface area contributed by atoms with Crippen LogP contribution in [0.5, 0.6) is 0 Å². The molecule has 0 bridgehead atoms. The van der Waals surface area contributed by atoms with Crippen molar-refractivity contribution in [2.75, 3.05) is 26.2 Å². The summed E-state index contributed by atoms with van der Waals surface area (Å²) in [5, 5.41) is 3.21. The van der Waals surface area contributed by atoms with Crippen LogP contribution in [0.2, 0.25) is 0 Å². The van der Waals surface area contributed by atoms with E-state index in [1.807, 2.05) is 4.90 Å². The highest BCUT2D eigenvalue weighted by Crippen LogP contribution is 2.22. The molecule has 100 valence electrons. The number of nitrogens with zero attached hydrogens (tertiary/aromatic N) is 1. The van der Waals surface area contributed by atoms with Gasteiger partial charge >= 0.3 is 0 Å². The van der Waals surface area contributed by atoms with Gasteiger partial charge < -0.3 is 15.0 Å². The van der Waals surface area contributed by atoms with Crippen LogP contribution in [-0.4, -0.2) is 49.2 Å². The van der Waals surface area contributed by atoms with Crippen LogP contribution in [0.1, 0.15) is 26.7 Å². The fraction of sp³-hybridized carbons (Fsp3) is 0.917. The van der Waals surface area contributed by atoms with Crippen LogP contribution in [0.25, 0.3) is 0 Å². The van der Waals surface area contributed by atoms with E-state index in [1.54, 1.807) is 0 Å². The third-order valence-electron chi connectivity index (χ3n) is 3.60. The molecule has 1 N–H and O–H groups in total. The molecule has 3 unspecified atom stereocenters. The predicted molar refractivity (Wildman–Crippen MR) is 69.4 cm³/mol. The average Bonchev–Trinajstić information content (AvgIpc) is 2.32. The third kappa shape index (κ3) is 3.57. The minimum atomic E-state index is -0.263. The Labute approximate surface area is 109 Å². The highest BCUT2D eigenvalue weighted by molar-refractivity contribution is 5.85. The first kappa shape index (κ1) is 14.7. The van der Waals surface area contributed by atoms with Crippen molar-refractivity contribution in [3.05, 3.63) is 0 Å². The second kappa shape index (κ2) is 6.57. The van der Waals surface area contributed by atoms with Gasteiger partial charge in [0.1, 0.15) is 6.10 Å². The van der Waals surface area contributed by atoms with Crippen LogP contribution in [0, 0.1) is 5.92 Å². The lowest BCUT2D eigenvalue weighted by Gasteiger charge is -2.39. The summed E-state index contributed by atoms with van der Waals surface area (Å²) < 4.78 is 5.52. The van der Waals surface area contributed by atoms with E-state index in [9.17, 15) is 4.79 Å². The molecule has 2 rings (SSSR count). The fourth-order valence-corrected chi connectivity index (χ4v) is 2.50. The number of morpholine rings is 1. The second-order valence-electron chi connectivity index (χ2n) is 5.09. The lowest BCUT2D eigenvalue weighted by molar-refractivity contribution is -0.149. The summed E-state index contributed by atoms with van der Waals surface area (Å²) in [5.74, 6) is 0.794. The maximum atomic E-state index is 12.3. The summed E-state index contributed by atoms with van der Waals surface area (Å²) in [6.07, 6.45) is 2.09. The first-order chi connectivity index (χ1) is 7.68. The Hall–Kier alpha value is -0.320. The summed E-state index contributed by atoms with van der Waals surface area (Å²) in [7, 11) is 0. The van der Waals surface area contributed by atoms with E-state index in [0.717, 1.165) is 19.5 Å². The molecule has 0 aromatic rings. The number of nitrogens with one attached hydrogen (secondary N) is 1. The summed E-state index contributed by atoms with van der Waals surface area (Å²) >= 11 is 0. The summed E-state index contributed by atoms with van der Waals surface area (Å²) in [4.78, 5) is 14.3. The van der Waals surface area contributed by atoms with Crippen molar-refractivity contribution in [3.63, 3.8) is 0 Å². The van der Waals surface area contributed by atoms with Gasteiger partial charge in [-0.15, -0.1) is 12.4 Å². The van der Waals surface area contributed by atoms with Crippen molar-refractivity contribution in [2.24, 2.45) is 5.92 Å². The first-order valence-corrected chi connectivity index (χ1v) is 6.31. The number of hydrogen-bond donors (Lipinski definition) is 1. The number of carbonyl (C=O) groups excluding carboxylic acids is 1. The molecule has 4 nitrogen and oxygen atoms in total. The van der Waals surface area contributed by atoms with Crippen molar-refractivity contribution in [1.82, 2.24) is 10.2 Å². The van der Waals surface area contributed by atoms with E-state index in [0.29, 0.717) is 25.1 Å². The molecule has 0 spiro atoms. The topological polar surface area (TPSA) is 41.6 Å². The predicted octanol–water partition coefficient (Wildman–Crippen LogP) is 1.04. The molecule has 2 aliphatic heterocycles. The molecule has 3 atom stereocenters. The number of ether oxygens (including phenoxy) is 1. The van der Waals surface area contributed by atoms with Crippen molar-refractivity contribution in [1.29, 1.82) is 0 Å². The minimum absolute atomic E-state index is 0. The third-order valence-corrected chi connectivity index (χ3v) is 3.60. The maximum absolute atomic E-state index is 12.3. The van der Waals surface area contributed by atoms with Crippen molar-refractivity contribution < 1.29 is 9.53 Å². The van der Waals surface area contributed by atoms with Crippen molar-refractivity contribution in [2.45, 2.75) is 38.8 Å². The minimum Gasteiger partial charge on any atom is -0.366 e. The van der Waals surface area contributed by atoms with E-state index in [4.69, 9.17) is 4.74 Å². The smallest absolute Gasteiger partial charge is 0.253 e. The lowest BCUT2D eigenvalue weighted by atomic mass is 9.94. The van der Waals surface area contributed by atoms with Gasteiger partial charge in [-0.3, -0.25) is 4.79 Å². The van der Waals surface area contributed by atoms with Crippen LogP contribution < -0.4 is 5.32 Å². The van der Waals surface area contributed by atoms with Gasteiger partial charge in [0.15, 0.2) is 0 Å². The summed E-state index contributed by atoms with van der Waals surface area (Å²) in [6.45, 7) is 7.41. The zero-order valence-corrected chi connectivity index (χ0v) is 11.5. The average molecular weight is 263 g/mol. The number of hydrogen-bond acceptors (Lipinski definition) is 3. The molecule has 0 aromatic carbocycles. The number of amides is 1. The highest BCUT2D eigenvalue weighted by Gasteiger charge is 2.32. The van der Waals surface area contributed by atoms with Gasteiger partial charge in [-0.1, -0.05) is 6.92 Å². The van der Waals surface area contributed by atoms with Gasteiger partial charge in [-0.05, 0) is 25.7 Å². The Morgan fingerprint density at radius 1 is 1.35 bits per heavy atom. The van der Waals surface area contributed by atoms with Gasteiger partial charge in [0.25, 0.3) is 5.91 Å². The van der Waals surface area contributed by atoms with Crippen molar-refractivity contribution in [3.8, 4) is 0 Å². The monoisotopic (exact) mass is 262 g/mol. The Morgan fingerprint density at radius 3 is 2.76 bits per heavy atom. The van der Waals surface area contributed by atoms with Crippen LogP contribution in [0.3, 0.4) is 0 Å². The van der Waals surface area contributed by atoms with Gasteiger partial charge in [0, 0.05) is 25.7 Å². The highest BCUT2D eigenvalue weighted by atomic mass is 35.5. The Kier molecular flexibility index (Phi) is 5.70. The molecule has 2 saturated heterocycles. The Morgan fingerprint density at radius 2 is 2.12 bits per heavy atom. The molecular weight excluding hydrogens is 240 g/mol. The number of piperidine rings is 1. The second-order valence-corrected chi connectivity index (χ2v) is 5.09. The molecule has 5 heteroatoms. The molecule has 0 aliphatic carbocycles. The van der Waals surface area contributed by atoms with Gasteiger partial charge in [0.05, 0.1) is 6.61 Å². The largest absolute Gasteiger partial charge is 0.366 e. The van der Waals surface area contributed by atoms with E-state index in [2.05, 4.69) is 19.2 Å². The standard InChI is InChI=1S/C12H22N2O2.ClH/c1-9-3-4-10(2)14(8-9)12(15)11-7-13-5-6-16-11;/h9-11,13H,3-8H2,1-2H3;1H. The van der Waals surface area contributed by atoms with Crippen LogP contribution in [-0.2, 0) is 9.53 Å². The summed E-state index contributed by atoms with van der Waals surface area (Å²) in [5.41, 5.74) is 0.